The van der Waals surface area contributed by atoms with Crippen molar-refractivity contribution in [3.05, 3.63) is 22.7 Å². The van der Waals surface area contributed by atoms with Crippen molar-refractivity contribution in [2.24, 2.45) is 5.73 Å². The van der Waals surface area contributed by atoms with Gasteiger partial charge in [0, 0.05) is 18.6 Å². The molecule has 4 rings (SSSR count). The minimum atomic E-state index is 0.175. The summed E-state index contributed by atoms with van der Waals surface area (Å²) in [5, 5.41) is 0.632. The van der Waals surface area contributed by atoms with Crippen LogP contribution < -0.4 is 15.2 Å². The zero-order valence-electron chi connectivity index (χ0n) is 11.3. The Morgan fingerprint density at radius 3 is 2.75 bits per heavy atom. The van der Waals surface area contributed by atoms with Gasteiger partial charge in [0.25, 0.3) is 0 Å². The Morgan fingerprint density at radius 2 is 1.95 bits per heavy atom. The smallest absolute Gasteiger partial charge is 0.179 e. The molecule has 2 fully saturated rings. The SMILES string of the molecule is NC1CCN(C2CC2)C1c1cc(Cl)c2c(c1)OCCO2. The summed E-state index contributed by atoms with van der Waals surface area (Å²) in [4.78, 5) is 2.53. The van der Waals surface area contributed by atoms with Crippen molar-refractivity contribution in [1.82, 2.24) is 4.90 Å². The molecule has 2 N–H and O–H groups in total. The molecule has 20 heavy (non-hydrogen) atoms. The average Bonchev–Trinajstić information content (AvgIpc) is 3.22. The van der Waals surface area contributed by atoms with E-state index in [9.17, 15) is 0 Å². The predicted molar refractivity (Wildman–Crippen MR) is 77.5 cm³/mol. The van der Waals surface area contributed by atoms with Crippen LogP contribution in [0, 0.1) is 0 Å². The summed E-state index contributed by atoms with van der Waals surface area (Å²) in [5.74, 6) is 1.43. The van der Waals surface area contributed by atoms with E-state index >= 15 is 0 Å². The zero-order valence-corrected chi connectivity index (χ0v) is 12.1. The van der Waals surface area contributed by atoms with Crippen molar-refractivity contribution in [3.8, 4) is 11.5 Å². The molecule has 2 unspecified atom stereocenters. The number of nitrogens with two attached hydrogens (primary N) is 1. The summed E-state index contributed by atoms with van der Waals surface area (Å²) in [7, 11) is 0. The topological polar surface area (TPSA) is 47.7 Å². The maximum atomic E-state index is 6.35. The number of benzene rings is 1. The highest BCUT2D eigenvalue weighted by molar-refractivity contribution is 6.32. The molecule has 2 atom stereocenters. The Labute approximate surface area is 123 Å². The highest BCUT2D eigenvalue weighted by Gasteiger charge is 2.41. The molecule has 108 valence electrons. The molecule has 2 heterocycles. The number of halogens is 1. The fourth-order valence-electron chi connectivity index (χ4n) is 3.40. The zero-order chi connectivity index (χ0) is 13.7. The number of nitrogens with zero attached hydrogens (tertiary/aromatic N) is 1. The van der Waals surface area contributed by atoms with Gasteiger partial charge in [-0.3, -0.25) is 4.90 Å². The quantitative estimate of drug-likeness (QED) is 0.909. The summed E-state index contributed by atoms with van der Waals surface area (Å²) in [6, 6.07) is 5.21. The monoisotopic (exact) mass is 294 g/mol. The van der Waals surface area contributed by atoms with Gasteiger partial charge in [0.05, 0.1) is 11.1 Å². The highest BCUT2D eigenvalue weighted by atomic mass is 35.5. The van der Waals surface area contributed by atoms with Gasteiger partial charge in [-0.1, -0.05) is 11.6 Å². The molecular weight excluding hydrogens is 276 g/mol. The Hall–Kier alpha value is -0.970. The van der Waals surface area contributed by atoms with Crippen LogP contribution in [0.25, 0.3) is 0 Å². The third-order valence-corrected chi connectivity index (χ3v) is 4.74. The largest absolute Gasteiger partial charge is 0.486 e. The van der Waals surface area contributed by atoms with Gasteiger partial charge in [-0.05, 0) is 37.0 Å². The lowest BCUT2D eigenvalue weighted by atomic mass is 10.00. The third kappa shape index (κ3) is 2.07. The number of ether oxygens (including phenoxy) is 2. The summed E-state index contributed by atoms with van der Waals surface area (Å²) < 4.78 is 11.3. The van der Waals surface area contributed by atoms with Gasteiger partial charge in [0.2, 0.25) is 0 Å². The maximum absolute atomic E-state index is 6.35. The van der Waals surface area contributed by atoms with Crippen LogP contribution in [0.5, 0.6) is 11.5 Å². The standard InChI is InChI=1S/C15H19ClN2O2/c16-11-7-9(8-13-15(11)20-6-5-19-13)14-12(17)3-4-18(14)10-1-2-10/h7-8,10,12,14H,1-6,17H2. The lowest BCUT2D eigenvalue weighted by Crippen LogP contribution is -2.33. The second kappa shape index (κ2) is 4.79. The Kier molecular flexibility index (Phi) is 3.05. The molecule has 1 saturated carbocycles. The molecule has 3 aliphatic rings. The highest BCUT2D eigenvalue weighted by Crippen LogP contribution is 2.45. The molecule has 1 aliphatic carbocycles. The number of rotatable bonds is 2. The van der Waals surface area contributed by atoms with Crippen LogP contribution in [-0.2, 0) is 0 Å². The lowest BCUT2D eigenvalue weighted by molar-refractivity contribution is 0.170. The van der Waals surface area contributed by atoms with Crippen LogP contribution in [0.2, 0.25) is 5.02 Å². The maximum Gasteiger partial charge on any atom is 0.179 e. The van der Waals surface area contributed by atoms with Gasteiger partial charge in [0.1, 0.15) is 13.2 Å². The van der Waals surface area contributed by atoms with Gasteiger partial charge < -0.3 is 15.2 Å². The number of hydrogen-bond donors (Lipinski definition) is 1. The minimum absolute atomic E-state index is 0.175. The molecule has 1 saturated heterocycles. The lowest BCUT2D eigenvalue weighted by Gasteiger charge is -2.29. The fourth-order valence-corrected chi connectivity index (χ4v) is 3.67. The van der Waals surface area contributed by atoms with E-state index in [0.717, 1.165) is 24.3 Å². The van der Waals surface area contributed by atoms with Crippen molar-refractivity contribution in [3.63, 3.8) is 0 Å². The van der Waals surface area contributed by atoms with Crippen molar-refractivity contribution in [2.75, 3.05) is 19.8 Å². The first-order valence-electron chi connectivity index (χ1n) is 7.34. The van der Waals surface area contributed by atoms with Crippen LogP contribution >= 0.6 is 11.6 Å². The molecular formula is C15H19ClN2O2. The van der Waals surface area contributed by atoms with E-state index in [-0.39, 0.29) is 12.1 Å². The predicted octanol–water partition coefficient (Wildman–Crippen LogP) is 2.35. The Balaban J connectivity index is 1.71. The van der Waals surface area contributed by atoms with Crippen LogP contribution in [-0.4, -0.2) is 36.7 Å². The van der Waals surface area contributed by atoms with Gasteiger partial charge in [0.15, 0.2) is 11.5 Å². The van der Waals surface area contributed by atoms with Gasteiger partial charge in [-0.2, -0.15) is 0 Å². The summed E-state index contributed by atoms with van der Waals surface area (Å²) in [5.41, 5.74) is 7.50. The summed E-state index contributed by atoms with van der Waals surface area (Å²) >= 11 is 6.35. The van der Waals surface area contributed by atoms with Crippen molar-refractivity contribution < 1.29 is 9.47 Å². The minimum Gasteiger partial charge on any atom is -0.486 e. The van der Waals surface area contributed by atoms with E-state index in [0.29, 0.717) is 30.0 Å². The number of likely N-dealkylation sites (tertiary alicyclic amines) is 1. The summed E-state index contributed by atoms with van der Waals surface area (Å²) in [6.45, 7) is 2.22. The molecule has 0 bridgehead atoms. The van der Waals surface area contributed by atoms with Crippen LogP contribution in [0.4, 0.5) is 0 Å². The second-order valence-electron chi connectivity index (χ2n) is 5.89. The molecule has 5 heteroatoms. The average molecular weight is 295 g/mol. The summed E-state index contributed by atoms with van der Waals surface area (Å²) in [6.07, 6.45) is 3.64. The molecule has 0 spiro atoms. The van der Waals surface area contributed by atoms with E-state index in [1.165, 1.54) is 12.8 Å². The third-order valence-electron chi connectivity index (χ3n) is 4.46. The van der Waals surface area contributed by atoms with Gasteiger partial charge >= 0.3 is 0 Å². The molecule has 1 aromatic rings. The van der Waals surface area contributed by atoms with Crippen LogP contribution in [0.15, 0.2) is 12.1 Å². The number of fused-ring (bicyclic) bond motifs is 1. The van der Waals surface area contributed by atoms with Crippen molar-refractivity contribution in [1.29, 1.82) is 0 Å². The fraction of sp³-hybridized carbons (Fsp3) is 0.600. The van der Waals surface area contributed by atoms with Gasteiger partial charge in [-0.15, -0.1) is 0 Å². The Bertz CT molecular complexity index is 533. The van der Waals surface area contributed by atoms with E-state index in [4.69, 9.17) is 26.8 Å². The van der Waals surface area contributed by atoms with Crippen LogP contribution in [0.3, 0.4) is 0 Å². The van der Waals surface area contributed by atoms with E-state index in [1.807, 2.05) is 6.07 Å². The van der Waals surface area contributed by atoms with E-state index in [2.05, 4.69) is 11.0 Å². The molecule has 4 nitrogen and oxygen atoms in total. The molecule has 1 aromatic carbocycles. The second-order valence-corrected chi connectivity index (χ2v) is 6.30. The normalized spacial score (nSPS) is 29.7. The molecule has 0 radical (unpaired) electrons. The van der Waals surface area contributed by atoms with Crippen molar-refractivity contribution in [2.45, 2.75) is 37.4 Å². The molecule has 0 amide bonds. The Morgan fingerprint density at radius 1 is 1.15 bits per heavy atom. The van der Waals surface area contributed by atoms with E-state index < -0.39 is 0 Å². The van der Waals surface area contributed by atoms with Crippen LogP contribution in [0.1, 0.15) is 30.9 Å². The first-order chi connectivity index (χ1) is 9.74. The molecule has 2 aliphatic heterocycles. The first kappa shape index (κ1) is 12.7. The molecule has 0 aromatic heterocycles. The van der Waals surface area contributed by atoms with E-state index in [1.54, 1.807) is 0 Å². The van der Waals surface area contributed by atoms with Crippen molar-refractivity contribution >= 4 is 11.6 Å². The number of hydrogen-bond acceptors (Lipinski definition) is 4. The van der Waals surface area contributed by atoms with Gasteiger partial charge in [-0.25, -0.2) is 0 Å². The first-order valence-corrected chi connectivity index (χ1v) is 7.72.